The average Bonchev–Trinajstić information content (AvgIpc) is 2.88. The molecule has 2 aliphatic rings. The van der Waals surface area contributed by atoms with Crippen molar-refractivity contribution in [3.8, 4) is 0 Å². The van der Waals surface area contributed by atoms with Gasteiger partial charge in [-0.25, -0.2) is 0 Å². The van der Waals surface area contributed by atoms with Gasteiger partial charge in [-0.2, -0.15) is 0 Å². The Labute approximate surface area is 201 Å². The molecule has 0 spiro atoms. The van der Waals surface area contributed by atoms with Crippen LogP contribution in [0.15, 0.2) is 48.5 Å². The van der Waals surface area contributed by atoms with Crippen LogP contribution in [0, 0.1) is 6.92 Å². The van der Waals surface area contributed by atoms with Crippen LogP contribution in [0.3, 0.4) is 0 Å². The Bertz CT molecular complexity index is 1060. The van der Waals surface area contributed by atoms with E-state index >= 15 is 0 Å². The van der Waals surface area contributed by atoms with Crippen molar-refractivity contribution in [2.24, 2.45) is 0 Å². The first kappa shape index (κ1) is 24.0. The zero-order valence-corrected chi connectivity index (χ0v) is 20.2. The molecule has 1 N–H and O–H groups in total. The van der Waals surface area contributed by atoms with Gasteiger partial charge in [-0.15, -0.1) is 0 Å². The zero-order chi connectivity index (χ0) is 24.3. The molecule has 0 saturated carbocycles. The van der Waals surface area contributed by atoms with Gasteiger partial charge in [0.1, 0.15) is 0 Å². The third kappa shape index (κ3) is 4.57. The maximum absolute atomic E-state index is 14.1. The number of rotatable bonds is 4. The lowest BCUT2D eigenvalue weighted by Gasteiger charge is -2.46. The van der Waals surface area contributed by atoms with Crippen molar-refractivity contribution < 1.29 is 19.1 Å². The molecule has 0 radical (unpaired) electrons. The van der Waals surface area contributed by atoms with E-state index in [0.29, 0.717) is 51.3 Å². The number of nitrogens with zero attached hydrogens (tertiary/aromatic N) is 2. The number of hydrogen-bond acceptors (Lipinski definition) is 4. The van der Waals surface area contributed by atoms with E-state index in [4.69, 9.17) is 4.74 Å². The third-order valence-corrected chi connectivity index (χ3v) is 7.19. The van der Waals surface area contributed by atoms with E-state index in [1.807, 2.05) is 30.0 Å². The normalized spacial score (nSPS) is 20.0. The Morgan fingerprint density at radius 3 is 2.38 bits per heavy atom. The minimum Gasteiger partial charge on any atom is -0.381 e. The summed E-state index contributed by atoms with van der Waals surface area (Å²) in [6.07, 6.45) is 1.28. The van der Waals surface area contributed by atoms with Crippen molar-refractivity contribution in [1.29, 1.82) is 0 Å². The van der Waals surface area contributed by atoms with Gasteiger partial charge in [0, 0.05) is 52.4 Å². The predicted octanol–water partition coefficient (Wildman–Crippen LogP) is 2.83. The van der Waals surface area contributed by atoms with Gasteiger partial charge >= 0.3 is 0 Å². The molecule has 7 nitrogen and oxygen atoms in total. The number of benzene rings is 2. The molecule has 34 heavy (non-hydrogen) atoms. The van der Waals surface area contributed by atoms with E-state index in [0.717, 1.165) is 16.7 Å². The fourth-order valence-electron chi connectivity index (χ4n) is 5.18. The van der Waals surface area contributed by atoms with E-state index in [1.54, 1.807) is 24.9 Å². The second kappa shape index (κ2) is 9.97. The van der Waals surface area contributed by atoms with Crippen LogP contribution >= 0.6 is 0 Å². The fraction of sp³-hybridized carbons (Fsp3) is 0.444. The van der Waals surface area contributed by atoms with E-state index in [-0.39, 0.29) is 23.8 Å². The van der Waals surface area contributed by atoms with Gasteiger partial charge in [0.25, 0.3) is 5.91 Å². The maximum Gasteiger partial charge on any atom is 0.251 e. The van der Waals surface area contributed by atoms with Crippen molar-refractivity contribution in [3.05, 3.63) is 70.8 Å². The summed E-state index contributed by atoms with van der Waals surface area (Å²) in [5.74, 6) is -0.127. The van der Waals surface area contributed by atoms with E-state index in [2.05, 4.69) is 29.6 Å². The van der Waals surface area contributed by atoms with Gasteiger partial charge in [0.2, 0.25) is 11.8 Å². The van der Waals surface area contributed by atoms with Gasteiger partial charge < -0.3 is 19.9 Å². The fourth-order valence-corrected chi connectivity index (χ4v) is 5.18. The highest BCUT2D eigenvalue weighted by atomic mass is 16.5. The second-order valence-corrected chi connectivity index (χ2v) is 9.24. The van der Waals surface area contributed by atoms with Gasteiger partial charge in [-0.1, -0.05) is 42.0 Å². The van der Waals surface area contributed by atoms with Crippen LogP contribution in [0.4, 0.5) is 0 Å². The quantitative estimate of drug-likeness (QED) is 0.756. The maximum atomic E-state index is 14.1. The number of amides is 3. The lowest BCUT2D eigenvalue weighted by Crippen LogP contribution is -2.57. The zero-order valence-electron chi connectivity index (χ0n) is 20.2. The van der Waals surface area contributed by atoms with Crippen LogP contribution in [0.1, 0.15) is 52.9 Å². The minimum atomic E-state index is -0.626. The molecular formula is C27H33N3O4. The smallest absolute Gasteiger partial charge is 0.251 e. The molecule has 180 valence electrons. The molecular weight excluding hydrogens is 430 g/mol. The lowest BCUT2D eigenvalue weighted by molar-refractivity contribution is -0.148. The topological polar surface area (TPSA) is 79.0 Å². The largest absolute Gasteiger partial charge is 0.381 e. The van der Waals surface area contributed by atoms with E-state index < -0.39 is 5.41 Å². The first-order valence-electron chi connectivity index (χ1n) is 11.9. The molecule has 0 aliphatic carbocycles. The van der Waals surface area contributed by atoms with Crippen molar-refractivity contribution >= 4 is 17.7 Å². The molecule has 2 aliphatic heterocycles. The molecule has 2 aromatic carbocycles. The molecule has 7 heteroatoms. The van der Waals surface area contributed by atoms with Crippen molar-refractivity contribution in [1.82, 2.24) is 15.1 Å². The van der Waals surface area contributed by atoms with Crippen LogP contribution in [0.2, 0.25) is 0 Å². The molecule has 0 bridgehead atoms. The van der Waals surface area contributed by atoms with Gasteiger partial charge in [-0.3, -0.25) is 14.4 Å². The summed E-state index contributed by atoms with van der Waals surface area (Å²) in [6, 6.07) is 15.2. The number of nitrogens with one attached hydrogen (secondary N) is 1. The summed E-state index contributed by atoms with van der Waals surface area (Å²) in [4.78, 5) is 42.5. The summed E-state index contributed by atoms with van der Waals surface area (Å²) in [5.41, 5.74) is 2.94. The average molecular weight is 464 g/mol. The molecule has 1 atom stereocenters. The van der Waals surface area contributed by atoms with E-state index in [1.165, 1.54) is 0 Å². The Morgan fingerprint density at radius 1 is 1.03 bits per heavy atom. The van der Waals surface area contributed by atoms with Crippen molar-refractivity contribution in [2.45, 2.75) is 38.1 Å². The molecule has 2 fully saturated rings. The van der Waals surface area contributed by atoms with Gasteiger partial charge in [0.15, 0.2) is 0 Å². The number of piperazine rings is 1. The molecule has 2 heterocycles. The SMILES string of the molecule is CNC(=O)c1cccc([C@@H]2CN(C(=O)C3(c4ccc(C)cc4)CCOCC3)CCN2C(C)=O)c1. The summed E-state index contributed by atoms with van der Waals surface area (Å²) in [7, 11) is 1.59. The Balaban J connectivity index is 1.66. The molecule has 2 aromatic rings. The van der Waals surface area contributed by atoms with Crippen LogP contribution < -0.4 is 5.32 Å². The first-order valence-corrected chi connectivity index (χ1v) is 11.9. The number of aryl methyl sites for hydroxylation is 1. The van der Waals surface area contributed by atoms with Gasteiger partial charge in [0.05, 0.1) is 11.5 Å². The predicted molar refractivity (Wildman–Crippen MR) is 129 cm³/mol. The summed E-state index contributed by atoms with van der Waals surface area (Å²) < 4.78 is 5.63. The van der Waals surface area contributed by atoms with Crippen LogP contribution in [-0.4, -0.2) is 67.4 Å². The van der Waals surface area contributed by atoms with Crippen LogP contribution in [-0.2, 0) is 19.7 Å². The second-order valence-electron chi connectivity index (χ2n) is 9.24. The molecule has 2 saturated heterocycles. The highest BCUT2D eigenvalue weighted by molar-refractivity contribution is 5.94. The standard InChI is InChI=1S/C27H33N3O4/c1-19-7-9-23(10-8-19)27(11-15-34-16-12-27)26(33)29-13-14-30(20(2)31)24(18-29)21-5-4-6-22(17-21)25(32)28-3/h4-10,17,24H,11-16,18H2,1-3H3,(H,28,32)/t24-/m0/s1. The van der Waals surface area contributed by atoms with Gasteiger partial charge in [-0.05, 0) is 43.0 Å². The Morgan fingerprint density at radius 2 is 1.74 bits per heavy atom. The summed E-state index contributed by atoms with van der Waals surface area (Å²) in [6.45, 7) is 6.02. The van der Waals surface area contributed by atoms with Crippen LogP contribution in [0.25, 0.3) is 0 Å². The monoisotopic (exact) mass is 463 g/mol. The molecule has 4 rings (SSSR count). The summed E-state index contributed by atoms with van der Waals surface area (Å²) >= 11 is 0. The van der Waals surface area contributed by atoms with Crippen LogP contribution in [0.5, 0.6) is 0 Å². The Kier molecular flexibility index (Phi) is 7.03. The van der Waals surface area contributed by atoms with Crippen molar-refractivity contribution in [2.75, 3.05) is 39.9 Å². The summed E-state index contributed by atoms with van der Waals surface area (Å²) in [5, 5.41) is 2.65. The Hall–Kier alpha value is -3.19. The highest BCUT2D eigenvalue weighted by Gasteiger charge is 2.46. The minimum absolute atomic E-state index is 0.0400. The van der Waals surface area contributed by atoms with E-state index in [9.17, 15) is 14.4 Å². The molecule has 3 amide bonds. The highest BCUT2D eigenvalue weighted by Crippen LogP contribution is 2.38. The molecule has 0 unspecified atom stereocenters. The molecule has 0 aromatic heterocycles. The number of carbonyl (C=O) groups excluding carboxylic acids is 3. The number of ether oxygens (including phenoxy) is 1. The first-order chi connectivity index (χ1) is 16.4. The number of carbonyl (C=O) groups is 3. The third-order valence-electron chi connectivity index (χ3n) is 7.19. The lowest BCUT2D eigenvalue weighted by atomic mass is 9.72. The van der Waals surface area contributed by atoms with Crippen molar-refractivity contribution in [3.63, 3.8) is 0 Å². The number of hydrogen-bond donors (Lipinski definition) is 1.